The number of nitrogens with zero attached hydrogens (tertiary/aromatic N) is 3. The Hall–Kier alpha value is -4.17. The minimum Gasteiger partial charge on any atom is -0.439 e. The van der Waals surface area contributed by atoms with Gasteiger partial charge in [-0.2, -0.15) is 5.10 Å². The summed E-state index contributed by atoms with van der Waals surface area (Å²) in [5.41, 5.74) is 10.5. The van der Waals surface area contributed by atoms with Gasteiger partial charge in [0.15, 0.2) is 0 Å². The molecule has 2 amide bonds. The van der Waals surface area contributed by atoms with Crippen LogP contribution in [0.4, 0.5) is 5.69 Å². The molecule has 8 nitrogen and oxygen atoms in total. The smallest absolute Gasteiger partial charge is 0.248 e. The molecular weight excluding hydrogens is 466 g/mol. The third-order valence-electron chi connectivity index (χ3n) is 5.54. The molecule has 9 heteroatoms. The molecule has 0 aliphatic heterocycles. The number of carbonyl (C=O) groups excluding carboxylic acids is 2. The Labute approximate surface area is 207 Å². The molecule has 2 aromatic heterocycles. The van der Waals surface area contributed by atoms with E-state index in [9.17, 15) is 9.59 Å². The summed E-state index contributed by atoms with van der Waals surface area (Å²) in [4.78, 5) is 28.3. The maximum atomic E-state index is 12.7. The van der Waals surface area contributed by atoms with E-state index >= 15 is 0 Å². The number of primary amides is 1. The van der Waals surface area contributed by atoms with E-state index in [1.165, 1.54) is 12.3 Å². The Morgan fingerprint density at radius 2 is 1.89 bits per heavy atom. The minimum absolute atomic E-state index is 0.162. The first-order valence-corrected chi connectivity index (χ1v) is 11.2. The van der Waals surface area contributed by atoms with Crippen LogP contribution in [0.3, 0.4) is 0 Å². The number of anilines is 1. The average molecular weight is 490 g/mol. The molecule has 0 spiro atoms. The number of amides is 2. The summed E-state index contributed by atoms with van der Waals surface area (Å²) in [5, 5.41) is 8.11. The van der Waals surface area contributed by atoms with E-state index in [-0.39, 0.29) is 12.3 Å². The Morgan fingerprint density at radius 3 is 2.57 bits per heavy atom. The summed E-state index contributed by atoms with van der Waals surface area (Å²) < 4.78 is 7.46. The molecule has 0 aliphatic carbocycles. The van der Waals surface area contributed by atoms with E-state index in [4.69, 9.17) is 22.1 Å². The van der Waals surface area contributed by atoms with E-state index in [1.807, 2.05) is 39.0 Å². The molecule has 0 radical (unpaired) electrons. The van der Waals surface area contributed by atoms with Gasteiger partial charge in [-0.1, -0.05) is 23.7 Å². The number of benzene rings is 2. The number of hydrogen-bond acceptors (Lipinski definition) is 5. The molecule has 0 saturated carbocycles. The first-order chi connectivity index (χ1) is 16.7. The Bertz CT molecular complexity index is 1410. The summed E-state index contributed by atoms with van der Waals surface area (Å²) in [6.07, 6.45) is 1.66. The SMILES string of the molecule is Cc1ccc(-n2nc(C)c(CC(=O)Nc3ccc(Oc4cccc(C(N)=O)c4)nc3)c2C)cc1Cl. The van der Waals surface area contributed by atoms with Crippen LogP contribution in [0.25, 0.3) is 5.69 Å². The third kappa shape index (κ3) is 5.50. The number of hydrogen-bond donors (Lipinski definition) is 2. The van der Waals surface area contributed by atoms with Gasteiger partial charge in [-0.3, -0.25) is 9.59 Å². The normalized spacial score (nSPS) is 10.7. The van der Waals surface area contributed by atoms with Crippen molar-refractivity contribution in [3.8, 4) is 17.3 Å². The van der Waals surface area contributed by atoms with Crippen molar-refractivity contribution >= 4 is 29.1 Å². The van der Waals surface area contributed by atoms with E-state index in [1.54, 1.807) is 35.0 Å². The topological polar surface area (TPSA) is 112 Å². The van der Waals surface area contributed by atoms with Crippen molar-refractivity contribution in [1.82, 2.24) is 14.8 Å². The number of rotatable bonds is 7. The van der Waals surface area contributed by atoms with Gasteiger partial charge in [0.1, 0.15) is 5.75 Å². The predicted octanol–water partition coefficient (Wildman–Crippen LogP) is 4.92. The summed E-state index contributed by atoms with van der Waals surface area (Å²) >= 11 is 6.27. The number of aryl methyl sites for hydroxylation is 2. The summed E-state index contributed by atoms with van der Waals surface area (Å²) in [7, 11) is 0. The lowest BCUT2D eigenvalue weighted by Crippen LogP contribution is -2.15. The molecule has 0 atom stereocenters. The molecule has 0 saturated heterocycles. The highest BCUT2D eigenvalue weighted by Crippen LogP contribution is 2.24. The summed E-state index contributed by atoms with van der Waals surface area (Å²) in [5.74, 6) is 0.0141. The van der Waals surface area contributed by atoms with Crippen LogP contribution < -0.4 is 15.8 Å². The fourth-order valence-corrected chi connectivity index (χ4v) is 3.78. The highest BCUT2D eigenvalue weighted by Gasteiger charge is 2.17. The molecule has 2 heterocycles. The second-order valence-corrected chi connectivity index (χ2v) is 8.51. The van der Waals surface area contributed by atoms with Gasteiger partial charge in [0.25, 0.3) is 0 Å². The maximum absolute atomic E-state index is 12.7. The zero-order valence-corrected chi connectivity index (χ0v) is 20.3. The molecular formula is C26H24ClN5O3. The van der Waals surface area contributed by atoms with Crippen molar-refractivity contribution in [3.63, 3.8) is 0 Å². The highest BCUT2D eigenvalue weighted by atomic mass is 35.5. The Balaban J connectivity index is 1.42. The molecule has 3 N–H and O–H groups in total. The first kappa shape index (κ1) is 24.0. The molecule has 0 aliphatic rings. The van der Waals surface area contributed by atoms with Crippen LogP contribution in [0.2, 0.25) is 5.02 Å². The van der Waals surface area contributed by atoms with E-state index in [0.717, 1.165) is 28.2 Å². The Kier molecular flexibility index (Phi) is 6.84. The van der Waals surface area contributed by atoms with Crippen LogP contribution in [0, 0.1) is 20.8 Å². The fourth-order valence-electron chi connectivity index (χ4n) is 3.61. The number of nitrogens with one attached hydrogen (secondary N) is 1. The van der Waals surface area contributed by atoms with E-state index in [0.29, 0.717) is 27.9 Å². The second-order valence-electron chi connectivity index (χ2n) is 8.10. The number of pyridine rings is 1. The van der Waals surface area contributed by atoms with Crippen molar-refractivity contribution < 1.29 is 14.3 Å². The number of carbonyl (C=O) groups is 2. The summed E-state index contributed by atoms with van der Waals surface area (Å²) in [6.45, 7) is 5.75. The van der Waals surface area contributed by atoms with Crippen LogP contribution in [0.5, 0.6) is 11.6 Å². The van der Waals surface area contributed by atoms with Gasteiger partial charge >= 0.3 is 0 Å². The molecule has 0 unspecified atom stereocenters. The van der Waals surface area contributed by atoms with E-state index in [2.05, 4.69) is 15.4 Å². The van der Waals surface area contributed by atoms with Crippen LogP contribution in [-0.4, -0.2) is 26.6 Å². The van der Waals surface area contributed by atoms with Crippen molar-refractivity contribution in [1.29, 1.82) is 0 Å². The van der Waals surface area contributed by atoms with Gasteiger partial charge in [0.2, 0.25) is 17.7 Å². The standard InChI is InChI=1S/C26H24ClN5O3/c1-15-7-9-20(12-23(15)27)32-17(3)22(16(2)31-32)13-24(33)30-19-8-10-25(29-14-19)35-21-6-4-5-18(11-21)26(28)34/h4-12,14H,13H2,1-3H3,(H2,28,34)(H,30,33). The quantitative estimate of drug-likeness (QED) is 0.382. The van der Waals surface area contributed by atoms with Crippen molar-refractivity contribution in [2.45, 2.75) is 27.2 Å². The van der Waals surface area contributed by atoms with Crippen molar-refractivity contribution in [2.75, 3.05) is 5.32 Å². The molecule has 2 aromatic carbocycles. The third-order valence-corrected chi connectivity index (χ3v) is 5.95. The van der Waals surface area contributed by atoms with E-state index < -0.39 is 5.91 Å². The van der Waals surface area contributed by atoms with Gasteiger partial charge < -0.3 is 15.8 Å². The monoisotopic (exact) mass is 489 g/mol. The lowest BCUT2D eigenvalue weighted by molar-refractivity contribution is -0.115. The zero-order chi connectivity index (χ0) is 25.1. The molecule has 0 fully saturated rings. The number of nitrogens with two attached hydrogens (primary N) is 1. The predicted molar refractivity (Wildman–Crippen MR) is 134 cm³/mol. The average Bonchev–Trinajstić information content (AvgIpc) is 3.10. The first-order valence-electron chi connectivity index (χ1n) is 10.9. The van der Waals surface area contributed by atoms with Crippen LogP contribution in [0.1, 0.15) is 32.9 Å². The summed E-state index contributed by atoms with van der Waals surface area (Å²) in [6, 6.07) is 15.6. The number of ether oxygens (including phenoxy) is 1. The Morgan fingerprint density at radius 1 is 1.09 bits per heavy atom. The minimum atomic E-state index is -0.542. The molecule has 4 aromatic rings. The van der Waals surface area contributed by atoms with Gasteiger partial charge in [-0.15, -0.1) is 0 Å². The van der Waals surface area contributed by atoms with Gasteiger partial charge in [0, 0.05) is 27.9 Å². The van der Waals surface area contributed by atoms with Crippen molar-refractivity contribution in [3.05, 3.63) is 93.9 Å². The molecule has 0 bridgehead atoms. The fraction of sp³-hybridized carbons (Fsp3) is 0.154. The zero-order valence-electron chi connectivity index (χ0n) is 19.5. The molecule has 178 valence electrons. The van der Waals surface area contributed by atoms with Gasteiger partial charge in [-0.05, 0) is 62.7 Å². The lowest BCUT2D eigenvalue weighted by atomic mass is 10.1. The van der Waals surface area contributed by atoms with Gasteiger partial charge in [-0.25, -0.2) is 9.67 Å². The largest absolute Gasteiger partial charge is 0.439 e. The maximum Gasteiger partial charge on any atom is 0.248 e. The molecule has 35 heavy (non-hydrogen) atoms. The van der Waals surface area contributed by atoms with Gasteiger partial charge in [0.05, 0.1) is 29.7 Å². The van der Waals surface area contributed by atoms with Crippen LogP contribution in [0.15, 0.2) is 60.8 Å². The number of halogens is 1. The highest BCUT2D eigenvalue weighted by molar-refractivity contribution is 6.31. The number of aromatic nitrogens is 3. The van der Waals surface area contributed by atoms with Crippen LogP contribution in [-0.2, 0) is 11.2 Å². The van der Waals surface area contributed by atoms with Crippen LogP contribution >= 0.6 is 11.6 Å². The van der Waals surface area contributed by atoms with Crippen molar-refractivity contribution in [2.24, 2.45) is 5.73 Å². The second kappa shape index (κ2) is 9.99. The molecule has 4 rings (SSSR count). The lowest BCUT2D eigenvalue weighted by Gasteiger charge is -2.09.